The van der Waals surface area contributed by atoms with Crippen LogP contribution in [-0.2, 0) is 14.3 Å². The molecule has 170 valence electrons. The first-order chi connectivity index (χ1) is 15.2. The predicted molar refractivity (Wildman–Crippen MR) is 119 cm³/mol. The fraction of sp³-hybridized carbons (Fsp3) is 0.360. The molecule has 0 unspecified atom stereocenters. The molecule has 1 N–H and O–H groups in total. The molecule has 2 aromatic carbocycles. The molecule has 1 fully saturated rings. The first kappa shape index (κ1) is 23.5. The number of amides is 1. The lowest BCUT2D eigenvalue weighted by Gasteiger charge is -2.25. The average Bonchev–Trinajstić information content (AvgIpc) is 3.01. The van der Waals surface area contributed by atoms with Crippen molar-refractivity contribution in [3.05, 3.63) is 70.5 Å². The highest BCUT2D eigenvalue weighted by Crippen LogP contribution is 2.40. The summed E-state index contributed by atoms with van der Waals surface area (Å²) in [6, 6.07) is 9.87. The molecule has 6 nitrogen and oxygen atoms in total. The first-order valence-corrected chi connectivity index (χ1v) is 10.5. The number of ether oxygens (including phenoxy) is 2. The summed E-state index contributed by atoms with van der Waals surface area (Å²) >= 11 is 0. The molecule has 0 radical (unpaired) electrons. The van der Waals surface area contributed by atoms with Crippen molar-refractivity contribution < 1.29 is 28.6 Å². The Kier molecular flexibility index (Phi) is 7.30. The molecule has 1 amide bonds. The van der Waals surface area contributed by atoms with Gasteiger partial charge in [-0.05, 0) is 54.3 Å². The Bertz CT molecular complexity index is 1030. The van der Waals surface area contributed by atoms with Gasteiger partial charge in [0.05, 0.1) is 24.8 Å². The maximum absolute atomic E-state index is 13.5. The zero-order valence-electron chi connectivity index (χ0n) is 18.7. The summed E-state index contributed by atoms with van der Waals surface area (Å²) in [5, 5.41) is 11.2. The maximum Gasteiger partial charge on any atom is 0.295 e. The van der Waals surface area contributed by atoms with Crippen LogP contribution in [0.15, 0.2) is 48.0 Å². The van der Waals surface area contributed by atoms with E-state index in [4.69, 9.17) is 9.47 Å². The Morgan fingerprint density at radius 1 is 1.16 bits per heavy atom. The number of rotatable bonds is 8. The van der Waals surface area contributed by atoms with Gasteiger partial charge < -0.3 is 19.5 Å². The van der Waals surface area contributed by atoms with Gasteiger partial charge in [-0.15, -0.1) is 0 Å². The van der Waals surface area contributed by atoms with Crippen LogP contribution in [0.2, 0.25) is 0 Å². The number of carbonyl (C=O) groups is 2. The van der Waals surface area contributed by atoms with Crippen LogP contribution in [0, 0.1) is 18.7 Å². The summed E-state index contributed by atoms with van der Waals surface area (Å²) in [7, 11) is 1.50. The Morgan fingerprint density at radius 2 is 1.84 bits per heavy atom. The Morgan fingerprint density at radius 3 is 2.44 bits per heavy atom. The summed E-state index contributed by atoms with van der Waals surface area (Å²) in [6.07, 6.45) is 0. The van der Waals surface area contributed by atoms with Crippen LogP contribution in [-0.4, -0.2) is 48.6 Å². The number of Topliss-reactive ketones (excluding diaryl/α,β-unsaturated/α-hetero) is 1. The van der Waals surface area contributed by atoms with E-state index >= 15 is 0 Å². The van der Waals surface area contributed by atoms with Crippen molar-refractivity contribution in [2.24, 2.45) is 5.92 Å². The molecule has 0 saturated carbocycles. The van der Waals surface area contributed by atoms with Gasteiger partial charge in [0.1, 0.15) is 17.3 Å². The van der Waals surface area contributed by atoms with Crippen molar-refractivity contribution in [2.75, 3.05) is 26.9 Å². The van der Waals surface area contributed by atoms with E-state index < -0.39 is 23.5 Å². The van der Waals surface area contributed by atoms with Gasteiger partial charge in [0.2, 0.25) is 0 Å². The minimum absolute atomic E-state index is 0.0309. The molecular weight excluding hydrogens is 413 g/mol. The number of benzene rings is 2. The molecule has 1 aliphatic rings. The normalized spacial score (nSPS) is 17.9. The van der Waals surface area contributed by atoms with Crippen LogP contribution in [0.25, 0.3) is 5.76 Å². The molecule has 3 rings (SSSR count). The van der Waals surface area contributed by atoms with Crippen LogP contribution in [0.4, 0.5) is 4.39 Å². The number of hydrogen-bond acceptors (Lipinski definition) is 5. The number of ketones is 1. The number of aryl methyl sites for hydroxylation is 1. The number of methoxy groups -OCH3 is 1. The number of hydrogen-bond donors (Lipinski definition) is 1. The smallest absolute Gasteiger partial charge is 0.295 e. The van der Waals surface area contributed by atoms with E-state index in [1.54, 1.807) is 25.1 Å². The summed E-state index contributed by atoms with van der Waals surface area (Å²) in [6.45, 7) is 6.81. The molecule has 0 aromatic heterocycles. The predicted octanol–water partition coefficient (Wildman–Crippen LogP) is 4.24. The van der Waals surface area contributed by atoms with Crippen LogP contribution in [0.1, 0.15) is 36.6 Å². The third-order valence-corrected chi connectivity index (χ3v) is 5.30. The van der Waals surface area contributed by atoms with Crippen molar-refractivity contribution in [2.45, 2.75) is 26.8 Å². The number of halogens is 1. The summed E-state index contributed by atoms with van der Waals surface area (Å²) in [5.74, 6) is -1.20. The van der Waals surface area contributed by atoms with E-state index in [2.05, 4.69) is 0 Å². The average molecular weight is 441 g/mol. The van der Waals surface area contributed by atoms with Crippen molar-refractivity contribution in [1.82, 2.24) is 4.90 Å². The zero-order chi connectivity index (χ0) is 23.4. The second-order valence-corrected chi connectivity index (χ2v) is 8.22. The number of nitrogens with zero attached hydrogens (tertiary/aromatic N) is 1. The SMILES string of the molecule is COCCN1C(=O)C(=O)/C(=C(/O)c2ccc(OCC(C)C)cc2C)[C@@H]1c1ccc(F)cc1. The van der Waals surface area contributed by atoms with Gasteiger partial charge >= 0.3 is 0 Å². The van der Waals surface area contributed by atoms with Gasteiger partial charge in [0.25, 0.3) is 11.7 Å². The molecule has 1 aliphatic heterocycles. The third kappa shape index (κ3) is 4.83. The standard InChI is InChI=1S/C25H28FNO5/c1-15(2)14-32-19-9-10-20(16(3)13-19)23(28)21-22(17-5-7-18(26)8-6-17)27(11-12-31-4)25(30)24(21)29/h5-10,13,15,22,28H,11-12,14H2,1-4H3/b23-21+/t22-/m0/s1. The molecule has 0 bridgehead atoms. The molecule has 1 saturated heterocycles. The Labute approximate surface area is 187 Å². The quantitative estimate of drug-likeness (QED) is 0.377. The second kappa shape index (κ2) is 9.96. The number of aliphatic hydroxyl groups is 1. The van der Waals surface area contributed by atoms with Gasteiger partial charge in [0, 0.05) is 19.2 Å². The Hall–Kier alpha value is -3.19. The van der Waals surface area contributed by atoms with Crippen LogP contribution >= 0.6 is 0 Å². The lowest BCUT2D eigenvalue weighted by molar-refractivity contribution is -0.140. The van der Waals surface area contributed by atoms with E-state index in [0.717, 1.165) is 0 Å². The molecule has 1 atom stereocenters. The highest BCUT2D eigenvalue weighted by molar-refractivity contribution is 6.46. The van der Waals surface area contributed by atoms with E-state index in [0.29, 0.717) is 35.0 Å². The van der Waals surface area contributed by atoms with E-state index in [-0.39, 0.29) is 24.5 Å². The lowest BCUT2D eigenvalue weighted by atomic mass is 9.94. The van der Waals surface area contributed by atoms with Crippen molar-refractivity contribution >= 4 is 17.4 Å². The van der Waals surface area contributed by atoms with Crippen molar-refractivity contribution in [3.63, 3.8) is 0 Å². The molecule has 1 heterocycles. The molecule has 32 heavy (non-hydrogen) atoms. The second-order valence-electron chi connectivity index (χ2n) is 8.22. The molecular formula is C25H28FNO5. The Balaban J connectivity index is 2.07. The molecule has 0 aliphatic carbocycles. The molecule has 7 heteroatoms. The number of carbonyl (C=O) groups excluding carboxylic acids is 2. The third-order valence-electron chi connectivity index (χ3n) is 5.30. The largest absolute Gasteiger partial charge is 0.507 e. The van der Waals surface area contributed by atoms with Crippen molar-refractivity contribution in [3.8, 4) is 5.75 Å². The minimum atomic E-state index is -0.845. The highest BCUT2D eigenvalue weighted by atomic mass is 19.1. The molecule has 2 aromatic rings. The van der Waals surface area contributed by atoms with Gasteiger partial charge in [-0.25, -0.2) is 4.39 Å². The summed E-state index contributed by atoms with van der Waals surface area (Å²) < 4.78 is 24.3. The van der Waals surface area contributed by atoms with Crippen LogP contribution in [0.5, 0.6) is 5.75 Å². The van der Waals surface area contributed by atoms with Gasteiger partial charge in [-0.2, -0.15) is 0 Å². The summed E-state index contributed by atoms with van der Waals surface area (Å²) in [5.41, 5.74) is 1.62. The van der Waals surface area contributed by atoms with E-state index in [9.17, 15) is 19.1 Å². The fourth-order valence-corrected chi connectivity index (χ4v) is 3.69. The summed E-state index contributed by atoms with van der Waals surface area (Å²) in [4.78, 5) is 27.1. The fourth-order valence-electron chi connectivity index (χ4n) is 3.69. The number of aliphatic hydroxyl groups excluding tert-OH is 1. The van der Waals surface area contributed by atoms with E-state index in [1.165, 1.54) is 36.3 Å². The van der Waals surface area contributed by atoms with E-state index in [1.807, 2.05) is 13.8 Å². The maximum atomic E-state index is 13.5. The topological polar surface area (TPSA) is 76.1 Å². The lowest BCUT2D eigenvalue weighted by Crippen LogP contribution is -2.32. The first-order valence-electron chi connectivity index (χ1n) is 10.5. The van der Waals surface area contributed by atoms with Crippen LogP contribution in [0.3, 0.4) is 0 Å². The molecule has 0 spiro atoms. The van der Waals surface area contributed by atoms with Crippen molar-refractivity contribution in [1.29, 1.82) is 0 Å². The number of likely N-dealkylation sites (tertiary alicyclic amines) is 1. The monoisotopic (exact) mass is 441 g/mol. The van der Waals surface area contributed by atoms with Gasteiger partial charge in [-0.3, -0.25) is 9.59 Å². The minimum Gasteiger partial charge on any atom is -0.507 e. The van der Waals surface area contributed by atoms with Crippen LogP contribution < -0.4 is 4.74 Å². The zero-order valence-corrected chi connectivity index (χ0v) is 18.7. The van der Waals surface area contributed by atoms with Gasteiger partial charge in [0.15, 0.2) is 0 Å². The van der Waals surface area contributed by atoms with Gasteiger partial charge in [-0.1, -0.05) is 26.0 Å². The highest BCUT2D eigenvalue weighted by Gasteiger charge is 2.46.